The Morgan fingerprint density at radius 1 is 1.07 bits per heavy atom. The van der Waals surface area contributed by atoms with E-state index in [2.05, 4.69) is 17.1 Å². The minimum atomic E-state index is -0.109. The van der Waals surface area contributed by atoms with Gasteiger partial charge in [0, 0.05) is 12.6 Å². The van der Waals surface area contributed by atoms with Crippen LogP contribution in [-0.4, -0.2) is 21.6 Å². The van der Waals surface area contributed by atoms with Gasteiger partial charge in [-0.25, -0.2) is 9.97 Å². The molecular formula is C24H22ClN3O2. The molecule has 0 spiro atoms. The van der Waals surface area contributed by atoms with Gasteiger partial charge in [0.15, 0.2) is 5.15 Å². The molecule has 0 fully saturated rings. The average molecular weight is 420 g/mol. The van der Waals surface area contributed by atoms with Gasteiger partial charge >= 0.3 is 0 Å². The van der Waals surface area contributed by atoms with Crippen molar-refractivity contribution in [2.45, 2.75) is 26.3 Å². The van der Waals surface area contributed by atoms with Crippen molar-refractivity contribution in [3.8, 4) is 5.75 Å². The number of ether oxygens (including phenoxy) is 1. The molecular weight excluding hydrogens is 398 g/mol. The molecule has 0 aliphatic rings. The van der Waals surface area contributed by atoms with Gasteiger partial charge in [-0.1, -0.05) is 48.0 Å². The molecule has 0 atom stereocenters. The number of methoxy groups -OCH3 is 1. The van der Waals surface area contributed by atoms with E-state index in [1.807, 2.05) is 43.3 Å². The van der Waals surface area contributed by atoms with Crippen LogP contribution < -0.4 is 10.3 Å². The van der Waals surface area contributed by atoms with Crippen molar-refractivity contribution < 1.29 is 4.74 Å². The summed E-state index contributed by atoms with van der Waals surface area (Å²) in [5, 5.41) is 0.725. The normalized spacial score (nSPS) is 11.0. The SMILES string of the molecule is COc1ccc(Cn2c(CCc3ccccc3)nc3c(Cl)nccc3c2=O)c(C)c1. The smallest absolute Gasteiger partial charge is 0.261 e. The van der Waals surface area contributed by atoms with Crippen molar-refractivity contribution in [3.63, 3.8) is 0 Å². The number of rotatable bonds is 6. The number of fused-ring (bicyclic) bond motifs is 1. The second-order valence-electron chi connectivity index (χ2n) is 7.20. The number of aromatic nitrogens is 3. The second kappa shape index (κ2) is 8.67. The van der Waals surface area contributed by atoms with Gasteiger partial charge in [-0.15, -0.1) is 0 Å². The highest BCUT2D eigenvalue weighted by molar-refractivity contribution is 6.33. The van der Waals surface area contributed by atoms with Crippen LogP contribution in [0.5, 0.6) is 5.75 Å². The molecule has 0 bridgehead atoms. The van der Waals surface area contributed by atoms with Gasteiger partial charge in [0.05, 0.1) is 19.0 Å². The molecule has 0 radical (unpaired) electrons. The fourth-order valence-electron chi connectivity index (χ4n) is 3.56. The fourth-order valence-corrected chi connectivity index (χ4v) is 3.76. The van der Waals surface area contributed by atoms with Gasteiger partial charge < -0.3 is 4.74 Å². The van der Waals surface area contributed by atoms with E-state index >= 15 is 0 Å². The molecule has 0 aliphatic carbocycles. The Bertz CT molecular complexity index is 1250. The molecule has 0 saturated heterocycles. The molecule has 6 heteroatoms. The summed E-state index contributed by atoms with van der Waals surface area (Å²) in [6.45, 7) is 2.45. The Morgan fingerprint density at radius 2 is 1.87 bits per heavy atom. The first-order valence-electron chi connectivity index (χ1n) is 9.78. The Balaban J connectivity index is 1.79. The minimum absolute atomic E-state index is 0.109. The van der Waals surface area contributed by atoms with Crippen LogP contribution in [-0.2, 0) is 19.4 Å². The molecule has 0 N–H and O–H groups in total. The Hall–Kier alpha value is -3.18. The van der Waals surface area contributed by atoms with Crippen LogP contribution in [0.15, 0.2) is 65.6 Å². The molecule has 30 heavy (non-hydrogen) atoms. The lowest BCUT2D eigenvalue weighted by atomic mass is 10.1. The van der Waals surface area contributed by atoms with Crippen LogP contribution in [0.25, 0.3) is 10.9 Å². The zero-order valence-corrected chi connectivity index (χ0v) is 17.7. The third-order valence-electron chi connectivity index (χ3n) is 5.27. The molecule has 4 rings (SSSR count). The molecule has 5 nitrogen and oxygen atoms in total. The van der Waals surface area contributed by atoms with Crippen molar-refractivity contribution in [1.82, 2.24) is 14.5 Å². The van der Waals surface area contributed by atoms with E-state index in [1.165, 1.54) is 5.56 Å². The van der Waals surface area contributed by atoms with Crippen LogP contribution in [0.2, 0.25) is 5.15 Å². The standard InChI is InChI=1S/C24H22ClN3O2/c1-16-14-19(30-2)10-9-18(16)15-28-21(11-8-17-6-4-3-5-7-17)27-22-20(24(28)29)12-13-26-23(22)25/h3-7,9-10,12-14H,8,11,15H2,1-2H3. The first kappa shape index (κ1) is 20.1. The van der Waals surface area contributed by atoms with Crippen LogP contribution in [0.1, 0.15) is 22.5 Å². The fraction of sp³-hybridized carbons (Fsp3) is 0.208. The Morgan fingerprint density at radius 3 is 2.60 bits per heavy atom. The molecule has 0 aliphatic heterocycles. The number of hydrogen-bond donors (Lipinski definition) is 0. The van der Waals surface area contributed by atoms with Crippen molar-refractivity contribution >= 4 is 22.5 Å². The summed E-state index contributed by atoms with van der Waals surface area (Å²) < 4.78 is 7.05. The predicted octanol–water partition coefficient (Wildman–Crippen LogP) is 4.60. The monoisotopic (exact) mass is 419 g/mol. The summed E-state index contributed by atoms with van der Waals surface area (Å²) in [7, 11) is 1.64. The summed E-state index contributed by atoms with van der Waals surface area (Å²) >= 11 is 6.25. The predicted molar refractivity (Wildman–Crippen MR) is 119 cm³/mol. The van der Waals surface area contributed by atoms with Gasteiger partial charge in [-0.05, 0) is 48.2 Å². The number of benzene rings is 2. The van der Waals surface area contributed by atoms with Gasteiger partial charge in [-0.3, -0.25) is 9.36 Å². The van der Waals surface area contributed by atoms with Crippen LogP contribution in [0, 0.1) is 6.92 Å². The largest absolute Gasteiger partial charge is 0.497 e. The van der Waals surface area contributed by atoms with E-state index < -0.39 is 0 Å². The maximum Gasteiger partial charge on any atom is 0.261 e. The van der Waals surface area contributed by atoms with Crippen molar-refractivity contribution in [1.29, 1.82) is 0 Å². The third-order valence-corrected chi connectivity index (χ3v) is 5.54. The number of aryl methyl sites for hydroxylation is 3. The summed E-state index contributed by atoms with van der Waals surface area (Å²) in [6.07, 6.45) is 2.94. The van der Waals surface area contributed by atoms with Crippen molar-refractivity contribution in [2.75, 3.05) is 7.11 Å². The van der Waals surface area contributed by atoms with Gasteiger partial charge in [0.25, 0.3) is 5.56 Å². The van der Waals surface area contributed by atoms with Crippen LogP contribution in [0.4, 0.5) is 0 Å². The van der Waals surface area contributed by atoms with Gasteiger partial charge in [0.1, 0.15) is 17.1 Å². The maximum absolute atomic E-state index is 13.4. The lowest BCUT2D eigenvalue weighted by molar-refractivity contribution is 0.414. The zero-order chi connectivity index (χ0) is 21.1. The van der Waals surface area contributed by atoms with E-state index in [9.17, 15) is 4.79 Å². The first-order valence-corrected chi connectivity index (χ1v) is 10.2. The summed E-state index contributed by atoms with van der Waals surface area (Å²) in [6, 6.07) is 17.7. The minimum Gasteiger partial charge on any atom is -0.497 e. The van der Waals surface area contributed by atoms with Crippen molar-refractivity contribution in [2.24, 2.45) is 0 Å². The van der Waals surface area contributed by atoms with E-state index in [4.69, 9.17) is 21.3 Å². The Labute approximate surface area is 179 Å². The first-order chi connectivity index (χ1) is 14.6. The molecule has 4 aromatic rings. The Kier molecular flexibility index (Phi) is 5.81. The average Bonchev–Trinajstić information content (AvgIpc) is 2.77. The summed E-state index contributed by atoms with van der Waals surface area (Å²) in [4.78, 5) is 22.2. The highest BCUT2D eigenvalue weighted by Crippen LogP contribution is 2.21. The number of pyridine rings is 1. The third kappa shape index (κ3) is 4.07. The van der Waals surface area contributed by atoms with Crippen molar-refractivity contribution in [3.05, 3.63) is 98.8 Å². The second-order valence-corrected chi connectivity index (χ2v) is 7.55. The number of nitrogens with zero attached hydrogens (tertiary/aromatic N) is 3. The maximum atomic E-state index is 13.4. The molecule has 0 amide bonds. The quantitative estimate of drug-likeness (QED) is 0.429. The highest BCUT2D eigenvalue weighted by Gasteiger charge is 2.15. The van der Waals surface area contributed by atoms with E-state index in [-0.39, 0.29) is 10.7 Å². The molecule has 0 saturated carbocycles. The molecule has 2 heterocycles. The van der Waals surface area contributed by atoms with Crippen LogP contribution >= 0.6 is 11.6 Å². The van der Waals surface area contributed by atoms with Gasteiger partial charge in [-0.2, -0.15) is 0 Å². The molecule has 2 aromatic carbocycles. The summed E-state index contributed by atoms with van der Waals surface area (Å²) in [5.74, 6) is 1.49. The highest BCUT2D eigenvalue weighted by atomic mass is 35.5. The summed E-state index contributed by atoms with van der Waals surface area (Å²) in [5.41, 5.74) is 3.64. The zero-order valence-electron chi connectivity index (χ0n) is 16.9. The molecule has 152 valence electrons. The van der Waals surface area contributed by atoms with E-state index in [0.29, 0.717) is 29.7 Å². The molecule has 2 aromatic heterocycles. The lowest BCUT2D eigenvalue weighted by Crippen LogP contribution is -2.27. The number of hydrogen-bond acceptors (Lipinski definition) is 4. The molecule has 0 unspecified atom stereocenters. The van der Waals surface area contributed by atoms with Crippen LogP contribution in [0.3, 0.4) is 0 Å². The van der Waals surface area contributed by atoms with E-state index in [0.717, 1.165) is 23.3 Å². The number of halogens is 1. The topological polar surface area (TPSA) is 57.0 Å². The van der Waals surface area contributed by atoms with E-state index in [1.54, 1.807) is 23.9 Å². The van der Waals surface area contributed by atoms with Gasteiger partial charge in [0.2, 0.25) is 0 Å². The lowest BCUT2D eigenvalue weighted by Gasteiger charge is -2.16.